The molecule has 1 saturated carbocycles. The average Bonchev–Trinajstić information content (AvgIpc) is 2.53. The van der Waals surface area contributed by atoms with Crippen molar-refractivity contribution < 1.29 is 9.59 Å². The van der Waals surface area contributed by atoms with E-state index in [0.717, 1.165) is 12.8 Å². The molecule has 2 rings (SSSR count). The van der Waals surface area contributed by atoms with E-state index in [1.807, 2.05) is 13.0 Å². The minimum Gasteiger partial charge on any atom is -0.298 e. The van der Waals surface area contributed by atoms with Crippen LogP contribution >= 0.6 is 0 Å². The molecule has 0 aliphatic heterocycles. The van der Waals surface area contributed by atoms with Gasteiger partial charge in [-0.15, -0.1) is 0 Å². The van der Waals surface area contributed by atoms with Crippen molar-refractivity contribution >= 4 is 11.6 Å². The number of carbonyl (C=O) groups is 2. The van der Waals surface area contributed by atoms with E-state index in [1.54, 1.807) is 0 Å². The molecule has 0 aromatic rings. The van der Waals surface area contributed by atoms with Crippen molar-refractivity contribution in [3.63, 3.8) is 0 Å². The van der Waals surface area contributed by atoms with Crippen molar-refractivity contribution in [3.05, 3.63) is 11.6 Å². The van der Waals surface area contributed by atoms with Crippen LogP contribution in [0.5, 0.6) is 0 Å². The van der Waals surface area contributed by atoms with Gasteiger partial charge in [0.2, 0.25) is 0 Å². The topological polar surface area (TPSA) is 34.1 Å². The predicted molar refractivity (Wildman–Crippen MR) is 44.7 cm³/mol. The SMILES string of the molecule is CC1=CC2(CC1)C(=O)CCC2=O. The third kappa shape index (κ3) is 0.808. The van der Waals surface area contributed by atoms with Crippen LogP contribution < -0.4 is 0 Å². The standard InChI is InChI=1S/C10H12O2/c1-7-4-5-10(6-7)8(11)2-3-9(10)12/h6H,2-5H2,1H3. The molecule has 0 aromatic carbocycles. The molecule has 64 valence electrons. The van der Waals surface area contributed by atoms with Gasteiger partial charge in [-0.3, -0.25) is 9.59 Å². The Hall–Kier alpha value is -0.920. The number of hydrogen-bond donors (Lipinski definition) is 0. The van der Waals surface area contributed by atoms with Gasteiger partial charge in [0.25, 0.3) is 0 Å². The first-order chi connectivity index (χ1) is 5.65. The fourth-order valence-electron chi connectivity index (χ4n) is 2.23. The molecule has 2 heteroatoms. The van der Waals surface area contributed by atoms with E-state index in [4.69, 9.17) is 0 Å². The van der Waals surface area contributed by atoms with E-state index >= 15 is 0 Å². The zero-order valence-corrected chi connectivity index (χ0v) is 7.22. The van der Waals surface area contributed by atoms with Gasteiger partial charge in [0, 0.05) is 12.8 Å². The summed E-state index contributed by atoms with van der Waals surface area (Å²) in [7, 11) is 0. The summed E-state index contributed by atoms with van der Waals surface area (Å²) in [5.74, 6) is 0.286. The zero-order chi connectivity index (χ0) is 8.77. The molecule has 12 heavy (non-hydrogen) atoms. The molecular formula is C10H12O2. The van der Waals surface area contributed by atoms with E-state index in [9.17, 15) is 9.59 Å². The van der Waals surface area contributed by atoms with Crippen molar-refractivity contribution in [2.75, 3.05) is 0 Å². The van der Waals surface area contributed by atoms with Crippen LogP contribution in [0.3, 0.4) is 0 Å². The van der Waals surface area contributed by atoms with Crippen molar-refractivity contribution in [3.8, 4) is 0 Å². The maximum atomic E-state index is 11.5. The number of rotatable bonds is 0. The van der Waals surface area contributed by atoms with Crippen molar-refractivity contribution in [2.45, 2.75) is 32.6 Å². The van der Waals surface area contributed by atoms with Gasteiger partial charge in [0.05, 0.1) is 0 Å². The Kier molecular flexibility index (Phi) is 1.47. The van der Waals surface area contributed by atoms with Crippen molar-refractivity contribution in [1.82, 2.24) is 0 Å². The van der Waals surface area contributed by atoms with Crippen LogP contribution in [0.25, 0.3) is 0 Å². The Balaban J connectivity index is 2.42. The summed E-state index contributed by atoms with van der Waals surface area (Å²) in [5.41, 5.74) is 0.531. The van der Waals surface area contributed by atoms with Crippen LogP contribution in [0.4, 0.5) is 0 Å². The molecule has 0 aromatic heterocycles. The van der Waals surface area contributed by atoms with Crippen LogP contribution in [0.15, 0.2) is 11.6 Å². The van der Waals surface area contributed by atoms with E-state index in [2.05, 4.69) is 0 Å². The highest BCUT2D eigenvalue weighted by molar-refractivity contribution is 6.15. The summed E-state index contributed by atoms with van der Waals surface area (Å²) in [5, 5.41) is 0. The summed E-state index contributed by atoms with van der Waals surface area (Å²) in [6, 6.07) is 0. The Bertz CT molecular complexity index is 270. The van der Waals surface area contributed by atoms with Gasteiger partial charge in [-0.25, -0.2) is 0 Å². The highest BCUT2D eigenvalue weighted by atomic mass is 16.2. The first-order valence-electron chi connectivity index (χ1n) is 4.40. The molecule has 1 spiro atoms. The fourth-order valence-corrected chi connectivity index (χ4v) is 2.23. The smallest absolute Gasteiger partial charge is 0.150 e. The monoisotopic (exact) mass is 164 g/mol. The highest BCUT2D eigenvalue weighted by Crippen LogP contribution is 2.43. The number of carbonyl (C=O) groups excluding carboxylic acids is 2. The minimum atomic E-state index is -0.663. The molecule has 0 radical (unpaired) electrons. The van der Waals surface area contributed by atoms with Gasteiger partial charge in [-0.1, -0.05) is 11.6 Å². The largest absolute Gasteiger partial charge is 0.298 e. The summed E-state index contributed by atoms with van der Waals surface area (Å²) in [6.45, 7) is 1.99. The molecule has 0 saturated heterocycles. The van der Waals surface area contributed by atoms with Crippen LogP contribution in [0.2, 0.25) is 0 Å². The lowest BCUT2D eigenvalue weighted by Crippen LogP contribution is -2.27. The first kappa shape index (κ1) is 7.71. The second-order valence-corrected chi connectivity index (χ2v) is 3.81. The molecule has 2 aliphatic rings. The highest BCUT2D eigenvalue weighted by Gasteiger charge is 2.49. The van der Waals surface area contributed by atoms with Gasteiger partial charge >= 0.3 is 0 Å². The number of Topliss-reactive ketones (excluding diaryl/α,β-unsaturated/α-hetero) is 2. The lowest BCUT2D eigenvalue weighted by molar-refractivity contribution is -0.131. The minimum absolute atomic E-state index is 0.143. The lowest BCUT2D eigenvalue weighted by atomic mass is 9.84. The van der Waals surface area contributed by atoms with Crippen LogP contribution in [0, 0.1) is 5.41 Å². The van der Waals surface area contributed by atoms with Gasteiger partial charge in [0.15, 0.2) is 11.6 Å². The van der Waals surface area contributed by atoms with Gasteiger partial charge in [-0.05, 0) is 19.8 Å². The quantitative estimate of drug-likeness (QED) is 0.403. The van der Waals surface area contributed by atoms with E-state index in [-0.39, 0.29) is 11.6 Å². The Labute approximate surface area is 71.6 Å². The number of allylic oxidation sites excluding steroid dienone is 2. The third-order valence-electron chi connectivity index (χ3n) is 2.98. The summed E-state index contributed by atoms with van der Waals surface area (Å²) >= 11 is 0. The summed E-state index contributed by atoms with van der Waals surface area (Å²) in [4.78, 5) is 23.0. The van der Waals surface area contributed by atoms with E-state index < -0.39 is 5.41 Å². The lowest BCUT2D eigenvalue weighted by Gasteiger charge is -2.15. The van der Waals surface area contributed by atoms with E-state index in [0.29, 0.717) is 12.8 Å². The van der Waals surface area contributed by atoms with Crippen molar-refractivity contribution in [2.24, 2.45) is 5.41 Å². The number of hydrogen-bond acceptors (Lipinski definition) is 2. The second kappa shape index (κ2) is 2.28. The molecule has 2 nitrogen and oxygen atoms in total. The van der Waals surface area contributed by atoms with Crippen molar-refractivity contribution in [1.29, 1.82) is 0 Å². The van der Waals surface area contributed by atoms with Crippen LogP contribution in [-0.2, 0) is 9.59 Å². The molecule has 1 fully saturated rings. The maximum Gasteiger partial charge on any atom is 0.150 e. The number of ketones is 2. The first-order valence-corrected chi connectivity index (χ1v) is 4.40. The van der Waals surface area contributed by atoms with Crippen LogP contribution in [-0.4, -0.2) is 11.6 Å². The maximum absolute atomic E-state index is 11.5. The van der Waals surface area contributed by atoms with Crippen LogP contribution in [0.1, 0.15) is 32.6 Å². The summed E-state index contributed by atoms with van der Waals surface area (Å²) < 4.78 is 0. The Morgan fingerprint density at radius 2 is 1.75 bits per heavy atom. The molecule has 0 amide bonds. The molecule has 0 atom stereocenters. The molecule has 0 unspecified atom stereocenters. The predicted octanol–water partition coefficient (Wildman–Crippen LogP) is 1.64. The Morgan fingerprint density at radius 1 is 1.17 bits per heavy atom. The normalized spacial score (nSPS) is 26.9. The zero-order valence-electron chi connectivity index (χ0n) is 7.22. The van der Waals surface area contributed by atoms with Gasteiger partial charge < -0.3 is 0 Å². The summed E-state index contributed by atoms with van der Waals surface area (Å²) in [6.07, 6.45) is 4.46. The molecular weight excluding hydrogens is 152 g/mol. The second-order valence-electron chi connectivity index (χ2n) is 3.81. The van der Waals surface area contributed by atoms with Gasteiger partial charge in [-0.2, -0.15) is 0 Å². The Morgan fingerprint density at radius 3 is 2.17 bits per heavy atom. The molecule has 0 N–H and O–H groups in total. The molecule has 0 bridgehead atoms. The van der Waals surface area contributed by atoms with E-state index in [1.165, 1.54) is 5.57 Å². The third-order valence-corrected chi connectivity index (χ3v) is 2.98. The average molecular weight is 164 g/mol. The van der Waals surface area contributed by atoms with Gasteiger partial charge in [0.1, 0.15) is 5.41 Å². The molecule has 0 heterocycles. The molecule has 2 aliphatic carbocycles. The fraction of sp³-hybridized carbons (Fsp3) is 0.600.